The second kappa shape index (κ2) is 5.48. The molecule has 0 aliphatic carbocycles. The lowest BCUT2D eigenvalue weighted by Gasteiger charge is -2.06. The minimum absolute atomic E-state index is 0.234. The van der Waals surface area contributed by atoms with Crippen LogP contribution in [0.5, 0.6) is 11.5 Å². The number of ether oxygens (including phenoxy) is 2. The first-order valence-electron chi connectivity index (χ1n) is 6.59. The minimum Gasteiger partial charge on any atom is -0.493 e. The van der Waals surface area contributed by atoms with Crippen LogP contribution in [0.25, 0.3) is 11.0 Å². The molecule has 0 atom stereocenters. The van der Waals surface area contributed by atoms with E-state index in [0.29, 0.717) is 34.8 Å². The van der Waals surface area contributed by atoms with Gasteiger partial charge in [0, 0.05) is 11.8 Å². The fraction of sp³-hybridized carbons (Fsp3) is 0.176. The van der Waals surface area contributed by atoms with E-state index in [0.717, 1.165) is 5.39 Å². The van der Waals surface area contributed by atoms with Gasteiger partial charge in [-0.2, -0.15) is 0 Å². The first-order chi connectivity index (χ1) is 10.2. The molecule has 1 aromatic heterocycles. The summed E-state index contributed by atoms with van der Waals surface area (Å²) in [5.41, 5.74) is 1.21. The van der Waals surface area contributed by atoms with E-state index in [2.05, 4.69) is 0 Å². The Morgan fingerprint density at radius 2 is 1.86 bits per heavy atom. The number of fused-ring (bicyclic) bond motifs is 1. The third-order valence-electron chi connectivity index (χ3n) is 3.40. The van der Waals surface area contributed by atoms with Gasteiger partial charge in [-0.25, -0.2) is 4.39 Å². The molecule has 108 valence electrons. The van der Waals surface area contributed by atoms with Crippen molar-refractivity contribution in [3.8, 4) is 11.5 Å². The van der Waals surface area contributed by atoms with Gasteiger partial charge in [-0.15, -0.1) is 0 Å². The van der Waals surface area contributed by atoms with Crippen LogP contribution in [0.2, 0.25) is 0 Å². The maximum absolute atomic E-state index is 13.7. The number of methoxy groups -OCH3 is 2. The lowest BCUT2D eigenvalue weighted by atomic mass is 10.1. The molecule has 2 aromatic carbocycles. The van der Waals surface area contributed by atoms with Gasteiger partial charge in [0.15, 0.2) is 11.3 Å². The van der Waals surface area contributed by atoms with Gasteiger partial charge in [0.1, 0.15) is 11.6 Å². The summed E-state index contributed by atoms with van der Waals surface area (Å²) in [5.74, 6) is 1.61. The van der Waals surface area contributed by atoms with Gasteiger partial charge < -0.3 is 13.9 Å². The van der Waals surface area contributed by atoms with Gasteiger partial charge in [-0.3, -0.25) is 0 Å². The lowest BCUT2D eigenvalue weighted by Crippen LogP contribution is -1.90. The van der Waals surface area contributed by atoms with E-state index in [4.69, 9.17) is 13.9 Å². The maximum atomic E-state index is 13.7. The van der Waals surface area contributed by atoms with Crippen molar-refractivity contribution in [1.29, 1.82) is 0 Å². The fourth-order valence-corrected chi connectivity index (χ4v) is 2.38. The van der Waals surface area contributed by atoms with Crippen molar-refractivity contribution in [3.05, 3.63) is 59.6 Å². The van der Waals surface area contributed by atoms with Crippen LogP contribution in [0.15, 0.2) is 46.9 Å². The van der Waals surface area contributed by atoms with Crippen LogP contribution < -0.4 is 9.47 Å². The summed E-state index contributed by atoms with van der Waals surface area (Å²) in [5, 5.41) is 0.902. The number of benzene rings is 2. The molecular formula is C17H15FO3. The van der Waals surface area contributed by atoms with Crippen molar-refractivity contribution >= 4 is 11.0 Å². The number of furan rings is 1. The second-order valence-electron chi connectivity index (χ2n) is 4.70. The molecular weight excluding hydrogens is 271 g/mol. The highest BCUT2D eigenvalue weighted by Gasteiger charge is 2.15. The van der Waals surface area contributed by atoms with E-state index in [1.807, 2.05) is 24.3 Å². The standard InChI is InChI=1S/C17H15FO3/c1-19-15-8-7-12-10-13(21-16(12)17(15)20-2)9-11-5-3-4-6-14(11)18/h3-8,10H,9H2,1-2H3. The van der Waals surface area contributed by atoms with Gasteiger partial charge in [-0.1, -0.05) is 18.2 Å². The summed E-state index contributed by atoms with van der Waals surface area (Å²) < 4.78 is 30.1. The number of hydrogen-bond donors (Lipinski definition) is 0. The monoisotopic (exact) mass is 286 g/mol. The fourth-order valence-electron chi connectivity index (χ4n) is 2.38. The molecule has 0 aliphatic heterocycles. The van der Waals surface area contributed by atoms with Crippen LogP contribution in [-0.4, -0.2) is 14.2 Å². The summed E-state index contributed by atoms with van der Waals surface area (Å²) >= 11 is 0. The molecule has 0 fully saturated rings. The molecule has 4 heteroatoms. The molecule has 0 aliphatic rings. The van der Waals surface area contributed by atoms with Crippen LogP contribution >= 0.6 is 0 Å². The Balaban J connectivity index is 2.03. The Bertz CT molecular complexity index is 777. The summed E-state index contributed by atoms with van der Waals surface area (Å²) in [6.45, 7) is 0. The molecule has 0 radical (unpaired) electrons. The van der Waals surface area contributed by atoms with Crippen molar-refractivity contribution < 1.29 is 18.3 Å². The first kappa shape index (κ1) is 13.5. The normalized spacial score (nSPS) is 10.8. The average molecular weight is 286 g/mol. The molecule has 3 rings (SSSR count). The zero-order chi connectivity index (χ0) is 14.8. The summed E-state index contributed by atoms with van der Waals surface area (Å²) in [6, 6.07) is 12.3. The second-order valence-corrected chi connectivity index (χ2v) is 4.70. The lowest BCUT2D eigenvalue weighted by molar-refractivity contribution is 0.352. The smallest absolute Gasteiger partial charge is 0.204 e. The molecule has 3 aromatic rings. The molecule has 1 heterocycles. The highest BCUT2D eigenvalue weighted by atomic mass is 19.1. The number of hydrogen-bond acceptors (Lipinski definition) is 3. The molecule has 0 saturated heterocycles. The molecule has 0 amide bonds. The predicted octanol–water partition coefficient (Wildman–Crippen LogP) is 4.18. The summed E-state index contributed by atoms with van der Waals surface area (Å²) in [6.07, 6.45) is 0.396. The topological polar surface area (TPSA) is 31.6 Å². The molecule has 0 N–H and O–H groups in total. The van der Waals surface area contributed by atoms with Crippen LogP contribution in [-0.2, 0) is 6.42 Å². The molecule has 0 saturated carbocycles. The van der Waals surface area contributed by atoms with Crippen LogP contribution in [0, 0.1) is 5.82 Å². The van der Waals surface area contributed by atoms with E-state index >= 15 is 0 Å². The van der Waals surface area contributed by atoms with Crippen molar-refractivity contribution in [2.75, 3.05) is 14.2 Å². The Kier molecular flexibility index (Phi) is 3.52. The Morgan fingerprint density at radius 3 is 2.57 bits per heavy atom. The quantitative estimate of drug-likeness (QED) is 0.721. The first-order valence-corrected chi connectivity index (χ1v) is 6.59. The van der Waals surface area contributed by atoms with E-state index < -0.39 is 0 Å². The summed E-state index contributed by atoms with van der Waals surface area (Å²) in [4.78, 5) is 0. The molecule has 21 heavy (non-hydrogen) atoms. The average Bonchev–Trinajstić information content (AvgIpc) is 2.91. The SMILES string of the molecule is COc1ccc2cc(Cc3ccccc3F)oc2c1OC. The van der Waals surface area contributed by atoms with E-state index in [1.165, 1.54) is 6.07 Å². The Labute approximate surface area is 121 Å². The van der Waals surface area contributed by atoms with Crippen LogP contribution in [0.3, 0.4) is 0 Å². The number of rotatable bonds is 4. The third kappa shape index (κ3) is 2.44. The molecule has 3 nitrogen and oxygen atoms in total. The van der Waals surface area contributed by atoms with Crippen molar-refractivity contribution in [3.63, 3.8) is 0 Å². The van der Waals surface area contributed by atoms with Gasteiger partial charge in [0.25, 0.3) is 0 Å². The summed E-state index contributed by atoms with van der Waals surface area (Å²) in [7, 11) is 3.14. The highest BCUT2D eigenvalue weighted by Crippen LogP contribution is 2.37. The van der Waals surface area contributed by atoms with Crippen molar-refractivity contribution in [2.45, 2.75) is 6.42 Å². The van der Waals surface area contributed by atoms with Gasteiger partial charge in [0.2, 0.25) is 5.75 Å². The zero-order valence-electron chi connectivity index (χ0n) is 11.9. The third-order valence-corrected chi connectivity index (χ3v) is 3.40. The van der Waals surface area contributed by atoms with Gasteiger partial charge in [-0.05, 0) is 29.8 Å². The van der Waals surface area contributed by atoms with Crippen LogP contribution in [0.4, 0.5) is 4.39 Å². The zero-order valence-corrected chi connectivity index (χ0v) is 11.9. The molecule has 0 bridgehead atoms. The maximum Gasteiger partial charge on any atom is 0.204 e. The minimum atomic E-state index is -0.234. The van der Waals surface area contributed by atoms with Crippen molar-refractivity contribution in [1.82, 2.24) is 0 Å². The molecule has 0 spiro atoms. The number of halogens is 1. The largest absolute Gasteiger partial charge is 0.493 e. The predicted molar refractivity (Wildman–Crippen MR) is 78.5 cm³/mol. The van der Waals surface area contributed by atoms with Crippen LogP contribution in [0.1, 0.15) is 11.3 Å². The van der Waals surface area contributed by atoms with E-state index in [1.54, 1.807) is 26.4 Å². The van der Waals surface area contributed by atoms with Crippen molar-refractivity contribution in [2.24, 2.45) is 0 Å². The van der Waals surface area contributed by atoms with Gasteiger partial charge >= 0.3 is 0 Å². The Morgan fingerprint density at radius 1 is 1.05 bits per heavy atom. The van der Waals surface area contributed by atoms with E-state index in [9.17, 15) is 4.39 Å². The highest BCUT2D eigenvalue weighted by molar-refractivity contribution is 5.86. The van der Waals surface area contributed by atoms with E-state index in [-0.39, 0.29) is 5.82 Å². The Hall–Kier alpha value is -2.49. The molecule has 0 unspecified atom stereocenters. The van der Waals surface area contributed by atoms with Gasteiger partial charge in [0.05, 0.1) is 14.2 Å².